The number of aromatic nitrogens is 6. The Kier molecular flexibility index (Phi) is 38.4. The molecule has 0 aliphatic rings. The Morgan fingerprint density at radius 1 is 0.293 bits per heavy atom. The van der Waals surface area contributed by atoms with Gasteiger partial charge in [0.05, 0.1) is 85.9 Å². The number of aromatic hydroxyl groups is 2. The Bertz CT molecular complexity index is 8110. The molecule has 0 fully saturated rings. The standard InChI is InChI=1S/C14H11IN2S.C14H12N2O3.2C14H10N2O2S.C14H12N2O2S.C14H12N2S.C13H9IN2OS.C13H8N2O3S.Na.H2O/c1-8-2-5-12-13(6-8)18-14(17-12)9-3-4-11(16)10(15)7-9;1-10-2-6-12(7-3-10)15-14(17)11-4-8-13(9-5-11)16(18)19;2*1-9-2-7-12-13(8-9)19-14(15-12)10-3-5-11(6-4-10)16(17)18;1-10-2-6-12(7-3-10)15-14(19)11-4-8-13(9-5-11)16(17)18;1-9-2-7-12-13(8-9)17-14(16-12)10-3-5-11(15)6-4-10;14-9-5-7(1-3-10(9)15)13-16-11-4-2-8(17)6-12(11)18-13;16-10-5-6-11-12(7-10)19-13(14-11)8-1-3-9(4-2-8)15(17)18;;/h2-7H,16H2,1H3;2-9H,1H3,(H,15,17);2*2-8H,1H3;2-9H,1H3,(H,15,19);2-8H,15H2,1H3;1-6,17H,15H2;1-7,16H;;1H2/q;;;;;;;;+1;/p-1/i15-2;;;;;;14-2;;;. The summed E-state index contributed by atoms with van der Waals surface area (Å²) in [6, 6.07) is 101. The molecule has 40 heteroatoms. The number of non-ortho nitro benzene ring substituents is 5. The van der Waals surface area contributed by atoms with Crippen LogP contribution in [0, 0.1) is 99.3 Å². The molecular formula is C110H85I2N16NaO14S7. The van der Waals surface area contributed by atoms with Gasteiger partial charge in [0.25, 0.3) is 34.3 Å². The number of hydrogen-bond donors (Lipinski definition) is 7. The fourth-order valence-corrected chi connectivity index (χ4v) is 21.5. The summed E-state index contributed by atoms with van der Waals surface area (Å²) in [6.07, 6.45) is 0. The van der Waals surface area contributed by atoms with Gasteiger partial charge in [0, 0.05) is 141 Å². The number of nitro benzene ring substituents is 5. The number of anilines is 5. The third-order valence-electron chi connectivity index (χ3n) is 21.8. The summed E-state index contributed by atoms with van der Waals surface area (Å²) >= 11 is 19.4. The van der Waals surface area contributed by atoms with Crippen LogP contribution in [0.25, 0.3) is 125 Å². The van der Waals surface area contributed by atoms with E-state index in [2.05, 4.69) is 154 Å². The van der Waals surface area contributed by atoms with Gasteiger partial charge in [-0.05, 0) is 339 Å². The minimum absolute atomic E-state index is 0. The van der Waals surface area contributed by atoms with Gasteiger partial charge in [-0.2, -0.15) is 0 Å². The number of aryl methyl sites for hydroxylation is 6. The van der Waals surface area contributed by atoms with Gasteiger partial charge in [-0.15, -0.1) is 68.0 Å². The van der Waals surface area contributed by atoms with E-state index < -0.39 is 24.6 Å². The number of thiazole rings is 6. The van der Waals surface area contributed by atoms with Crippen LogP contribution in [0.15, 0.2) is 340 Å². The Morgan fingerprint density at radius 3 is 0.793 bits per heavy atom. The number of carbonyl (C=O) groups excluding carboxylic acids is 1. The number of halogens is 2. The van der Waals surface area contributed by atoms with Crippen molar-refractivity contribution in [2.45, 2.75) is 41.5 Å². The number of fused-ring (bicyclic) bond motifs is 6. The summed E-state index contributed by atoms with van der Waals surface area (Å²) in [5.41, 5.74) is 41.6. The molecule has 150 heavy (non-hydrogen) atoms. The molecule has 1 amide bonds. The summed E-state index contributed by atoms with van der Waals surface area (Å²) in [7, 11) is 0. The molecule has 746 valence electrons. The molecule has 22 rings (SSSR count). The Hall–Kier alpha value is -15.4. The molecule has 0 bridgehead atoms. The maximum Gasteiger partial charge on any atom is 1.00 e. The first-order valence-electron chi connectivity index (χ1n) is 44.7. The number of nitrogen functional groups attached to an aromatic ring is 3. The quantitative estimate of drug-likeness (QED) is 0.0125. The number of nitrogens with one attached hydrogen (secondary N) is 2. The molecule has 0 spiro atoms. The van der Waals surface area contributed by atoms with Gasteiger partial charge in [-0.25, -0.2) is 29.9 Å². The summed E-state index contributed by atoms with van der Waals surface area (Å²) in [4.78, 5) is 90.6. The molecule has 6 aromatic heterocycles. The maximum atomic E-state index is 11.9. The Labute approximate surface area is 935 Å². The molecule has 6 heterocycles. The summed E-state index contributed by atoms with van der Waals surface area (Å²) in [6.45, 7) is 12.3. The number of phenols is 2. The van der Waals surface area contributed by atoms with Gasteiger partial charge in [-0.1, -0.05) is 71.9 Å². The smallest absolute Gasteiger partial charge is 0.870 e. The summed E-state index contributed by atoms with van der Waals surface area (Å²) in [5, 5.41) is 83.2. The average molecular weight is 2350 g/mol. The van der Waals surface area contributed by atoms with E-state index in [9.17, 15) is 65.6 Å². The maximum absolute atomic E-state index is 11.9. The second kappa shape index (κ2) is 51.5. The number of carbonyl (C=O) groups is 1. The van der Waals surface area contributed by atoms with Gasteiger partial charge in [0.15, 0.2) is 0 Å². The molecule has 22 aromatic rings. The van der Waals surface area contributed by atoms with Crippen LogP contribution in [-0.2, 0) is 0 Å². The van der Waals surface area contributed by atoms with Crippen LogP contribution in [0.1, 0.15) is 49.3 Å². The number of thiocarbonyl (C=S) groups is 1. The van der Waals surface area contributed by atoms with Crippen molar-refractivity contribution in [3.05, 3.63) is 442 Å². The second-order valence-electron chi connectivity index (χ2n) is 33.1. The molecular weight excluding hydrogens is 2270 g/mol. The second-order valence-corrected chi connectivity index (χ2v) is 42.0. The number of benzene rings is 16. The van der Waals surface area contributed by atoms with Gasteiger partial charge in [-0.3, -0.25) is 55.4 Å². The number of rotatable bonds is 15. The molecule has 16 aromatic carbocycles. The first-order valence-corrected chi connectivity index (χ1v) is 52.1. The minimum atomic E-state index is -0.498. The molecule has 0 aliphatic heterocycles. The van der Waals surface area contributed by atoms with Crippen LogP contribution >= 0.6 is 125 Å². The van der Waals surface area contributed by atoms with Crippen LogP contribution in [0.4, 0.5) is 56.9 Å². The number of nitrogens with two attached hydrogens (primary N) is 3. The van der Waals surface area contributed by atoms with Crippen molar-refractivity contribution in [3.8, 4) is 74.9 Å². The molecule has 0 saturated carbocycles. The normalized spacial score (nSPS) is 10.5. The summed E-state index contributed by atoms with van der Waals surface area (Å²) < 4.78 is 8.69. The predicted octanol–water partition coefficient (Wildman–Crippen LogP) is 27.8. The monoisotopic (exact) mass is 2350 g/mol. The third-order valence-corrected chi connectivity index (χ3v) is 30.5. The Balaban J connectivity index is 0.000000143. The van der Waals surface area contributed by atoms with E-state index in [1.54, 1.807) is 148 Å². The van der Waals surface area contributed by atoms with Crippen molar-refractivity contribution in [1.29, 1.82) is 0 Å². The molecule has 0 atom stereocenters. The fourth-order valence-electron chi connectivity index (χ4n) is 14.0. The van der Waals surface area contributed by atoms with Crippen molar-refractivity contribution in [3.63, 3.8) is 0 Å². The number of amides is 1. The Morgan fingerprint density at radius 2 is 0.520 bits per heavy atom. The zero-order chi connectivity index (χ0) is 105. The van der Waals surface area contributed by atoms with E-state index >= 15 is 0 Å². The van der Waals surface area contributed by atoms with Gasteiger partial charge >= 0.3 is 29.6 Å². The van der Waals surface area contributed by atoms with E-state index in [4.69, 9.17) is 29.4 Å². The van der Waals surface area contributed by atoms with E-state index in [-0.39, 0.29) is 80.9 Å². The molecule has 0 radical (unpaired) electrons. The molecule has 11 N–H and O–H groups in total. The van der Waals surface area contributed by atoms with Crippen LogP contribution in [0.5, 0.6) is 11.5 Å². The van der Waals surface area contributed by atoms with Gasteiger partial charge < -0.3 is 43.5 Å². The zero-order valence-corrected chi connectivity index (χ0v) is 92.5. The largest absolute Gasteiger partial charge is 1.00 e. The van der Waals surface area contributed by atoms with Crippen LogP contribution in [0.3, 0.4) is 0 Å². The molecule has 0 saturated heterocycles. The van der Waals surface area contributed by atoms with Gasteiger partial charge in [0.1, 0.15) is 46.5 Å². The van der Waals surface area contributed by atoms with Crippen molar-refractivity contribution in [1.82, 2.24) is 29.9 Å². The number of hydrogen-bond acceptors (Lipinski definition) is 30. The average Bonchev–Trinajstić information content (AvgIpc) is 1.68. The fraction of sp³-hybridized carbons (Fsp3) is 0.0545. The third kappa shape index (κ3) is 30.0. The van der Waals surface area contributed by atoms with Crippen LogP contribution in [0.2, 0.25) is 0 Å². The molecule has 0 unspecified atom stereocenters. The summed E-state index contributed by atoms with van der Waals surface area (Å²) in [5.74, 6) is 0.176. The number of phenolic OH excluding ortho intramolecular Hbond substituents is 2. The van der Waals surface area contributed by atoms with Crippen molar-refractivity contribution in [2.24, 2.45) is 0 Å². The predicted molar refractivity (Wildman–Crippen MR) is 625 cm³/mol. The van der Waals surface area contributed by atoms with E-state index in [1.807, 2.05) is 149 Å². The van der Waals surface area contributed by atoms with E-state index in [0.717, 1.165) is 156 Å². The zero-order valence-electron chi connectivity index (χ0n) is 80.4. The van der Waals surface area contributed by atoms with Crippen molar-refractivity contribution >= 4 is 254 Å². The van der Waals surface area contributed by atoms with E-state index in [1.165, 1.54) is 121 Å². The topological polar surface area (TPSA) is 483 Å². The molecule has 30 nitrogen and oxygen atoms in total. The number of nitro groups is 5. The van der Waals surface area contributed by atoms with Crippen molar-refractivity contribution in [2.75, 3.05) is 27.8 Å². The first-order chi connectivity index (χ1) is 71.0. The minimum Gasteiger partial charge on any atom is -0.870 e. The number of nitrogens with zero attached hydrogens (tertiary/aromatic N) is 11. The van der Waals surface area contributed by atoms with Crippen molar-refractivity contribution < 1.29 is 74.7 Å². The molecule has 0 aliphatic carbocycles. The van der Waals surface area contributed by atoms with Crippen LogP contribution < -0.4 is 57.4 Å². The van der Waals surface area contributed by atoms with Gasteiger partial charge in [0.2, 0.25) is 0 Å². The van der Waals surface area contributed by atoms with E-state index in [0.29, 0.717) is 16.2 Å². The SMILES string of the molecule is Cc1ccc(NC(=O)c2ccc([N+](=O)[O-])cc2)cc1.Cc1ccc(NC(=S)c2ccc([N+](=O)[O-])cc2)cc1.Cc1ccc2nc(-c3ccc(N)c([125I])c3)sc2c1.Cc1ccc2nc(-c3ccc(N)cc3)sc2c1.Cc1ccc2nc(-c3ccc([N+](=O)[O-])cc3)sc2c1.Cc1ccc2nc(-c3ccc([N+](=O)[O-])cc3)sc2c1.Nc1ccc(-c2nc3ccc(O)cc3s2)cc1[125I].O=[N+]([O-])c1ccc(-c2nc3ccc(O)cc3s2)cc1.[Na+].[OH-]. The van der Waals surface area contributed by atoms with Crippen LogP contribution in [-0.4, -0.2) is 81.1 Å². The first kappa shape index (κ1) is 112.